The van der Waals surface area contributed by atoms with E-state index in [2.05, 4.69) is 0 Å². The molecule has 18 heavy (non-hydrogen) atoms. The molecule has 3 rings (SSSR count). The lowest BCUT2D eigenvalue weighted by atomic mass is 9.96. The number of halogens is 1. The number of ketones is 1. The maximum atomic E-state index is 12.3. The summed E-state index contributed by atoms with van der Waals surface area (Å²) in [5.41, 5.74) is 0.583. The zero-order valence-electron chi connectivity index (χ0n) is 9.82. The van der Waals surface area contributed by atoms with Gasteiger partial charge in [-0.2, -0.15) is 0 Å². The third-order valence-electron chi connectivity index (χ3n) is 3.27. The number of carbonyl (C=O) groups excluding carboxylic acids is 1. The SMILES string of the molecule is O=C(c1cc2cccc(Cl)c2o1)C1CCCOC1. The molecule has 1 saturated heterocycles. The number of hydrogen-bond donors (Lipinski definition) is 0. The number of Topliss-reactive ketones (excluding diaryl/α,β-unsaturated/α-hetero) is 1. The van der Waals surface area contributed by atoms with Crippen LogP contribution in [-0.4, -0.2) is 19.0 Å². The number of fused-ring (bicyclic) bond motifs is 1. The Hall–Kier alpha value is -1.32. The Kier molecular flexibility index (Phi) is 3.10. The van der Waals surface area contributed by atoms with E-state index in [0.717, 1.165) is 24.8 Å². The smallest absolute Gasteiger partial charge is 0.203 e. The van der Waals surface area contributed by atoms with Gasteiger partial charge in [0.2, 0.25) is 5.78 Å². The molecular formula is C14H13ClO3. The molecular weight excluding hydrogens is 252 g/mol. The number of ether oxygens (including phenoxy) is 1. The summed E-state index contributed by atoms with van der Waals surface area (Å²) in [6.45, 7) is 1.24. The van der Waals surface area contributed by atoms with E-state index < -0.39 is 0 Å². The molecule has 0 saturated carbocycles. The lowest BCUT2D eigenvalue weighted by Gasteiger charge is -2.19. The molecule has 0 bridgehead atoms. The molecule has 2 aromatic rings. The summed E-state index contributed by atoms with van der Waals surface area (Å²) in [6.07, 6.45) is 1.79. The van der Waals surface area contributed by atoms with Crippen molar-refractivity contribution < 1.29 is 13.9 Å². The van der Waals surface area contributed by atoms with Crippen LogP contribution in [0.4, 0.5) is 0 Å². The van der Waals surface area contributed by atoms with Crippen LogP contribution in [0.3, 0.4) is 0 Å². The van der Waals surface area contributed by atoms with Crippen molar-refractivity contribution in [3.05, 3.63) is 35.0 Å². The highest BCUT2D eigenvalue weighted by molar-refractivity contribution is 6.34. The Labute approximate surface area is 110 Å². The zero-order chi connectivity index (χ0) is 12.5. The highest BCUT2D eigenvalue weighted by atomic mass is 35.5. The quantitative estimate of drug-likeness (QED) is 0.777. The number of furan rings is 1. The fraction of sp³-hybridized carbons (Fsp3) is 0.357. The fourth-order valence-corrected chi connectivity index (χ4v) is 2.52. The lowest BCUT2D eigenvalue weighted by molar-refractivity contribution is 0.0445. The summed E-state index contributed by atoms with van der Waals surface area (Å²) < 4.78 is 10.9. The molecule has 3 nitrogen and oxygen atoms in total. The van der Waals surface area contributed by atoms with Crippen molar-refractivity contribution in [2.45, 2.75) is 12.8 Å². The number of benzene rings is 1. The van der Waals surface area contributed by atoms with Gasteiger partial charge in [-0.25, -0.2) is 0 Å². The van der Waals surface area contributed by atoms with Gasteiger partial charge in [-0.1, -0.05) is 23.7 Å². The maximum absolute atomic E-state index is 12.3. The molecule has 1 aliphatic rings. The molecule has 1 unspecified atom stereocenters. The standard InChI is InChI=1S/C14H13ClO3/c15-11-5-1-3-9-7-12(18-14(9)11)13(16)10-4-2-6-17-8-10/h1,3,5,7,10H,2,4,6,8H2. The molecule has 0 radical (unpaired) electrons. The van der Waals surface area contributed by atoms with Crippen LogP contribution in [0, 0.1) is 5.92 Å². The second-order valence-electron chi connectivity index (χ2n) is 4.55. The van der Waals surface area contributed by atoms with Gasteiger partial charge in [0.1, 0.15) is 0 Å². The zero-order valence-corrected chi connectivity index (χ0v) is 10.6. The van der Waals surface area contributed by atoms with Crippen molar-refractivity contribution in [1.82, 2.24) is 0 Å². The Morgan fingerprint density at radius 3 is 3.00 bits per heavy atom. The summed E-state index contributed by atoms with van der Waals surface area (Å²) in [4.78, 5) is 12.3. The highest BCUT2D eigenvalue weighted by Gasteiger charge is 2.25. The first-order valence-electron chi connectivity index (χ1n) is 6.06. The first-order valence-corrected chi connectivity index (χ1v) is 6.43. The molecule has 2 heterocycles. The minimum absolute atomic E-state index is 0.0157. The molecule has 1 aromatic carbocycles. The van der Waals surface area contributed by atoms with Gasteiger partial charge in [-0.3, -0.25) is 4.79 Å². The first-order chi connectivity index (χ1) is 8.75. The van der Waals surface area contributed by atoms with Crippen LogP contribution in [-0.2, 0) is 4.74 Å². The van der Waals surface area contributed by atoms with Gasteiger partial charge in [-0.05, 0) is 25.0 Å². The van der Waals surface area contributed by atoms with Crippen molar-refractivity contribution in [2.75, 3.05) is 13.2 Å². The second-order valence-corrected chi connectivity index (χ2v) is 4.95. The molecule has 0 spiro atoms. The number of carbonyl (C=O) groups is 1. The van der Waals surface area contributed by atoms with Crippen LogP contribution in [0.25, 0.3) is 11.0 Å². The molecule has 0 amide bonds. The average Bonchev–Trinajstić information content (AvgIpc) is 2.84. The van der Waals surface area contributed by atoms with Crippen LogP contribution in [0.5, 0.6) is 0 Å². The Bertz CT molecular complexity index is 582. The normalized spacial score (nSPS) is 20.2. The van der Waals surface area contributed by atoms with Crippen molar-refractivity contribution in [2.24, 2.45) is 5.92 Å². The van der Waals surface area contributed by atoms with Gasteiger partial charge in [-0.15, -0.1) is 0 Å². The number of rotatable bonds is 2. The highest BCUT2D eigenvalue weighted by Crippen LogP contribution is 2.29. The van der Waals surface area contributed by atoms with Gasteiger partial charge >= 0.3 is 0 Å². The Morgan fingerprint density at radius 1 is 1.39 bits per heavy atom. The van der Waals surface area contributed by atoms with Crippen LogP contribution in [0.15, 0.2) is 28.7 Å². The fourth-order valence-electron chi connectivity index (χ4n) is 2.30. The predicted octanol–water partition coefficient (Wildman–Crippen LogP) is 3.70. The monoisotopic (exact) mass is 264 g/mol. The van der Waals surface area contributed by atoms with E-state index in [-0.39, 0.29) is 11.7 Å². The molecule has 0 aliphatic carbocycles. The summed E-state index contributed by atoms with van der Waals surface area (Å²) in [7, 11) is 0. The topological polar surface area (TPSA) is 39.4 Å². The summed E-state index contributed by atoms with van der Waals surface area (Å²) in [6, 6.07) is 7.25. The van der Waals surface area contributed by atoms with Crippen molar-refractivity contribution >= 4 is 28.4 Å². The third kappa shape index (κ3) is 2.04. The van der Waals surface area contributed by atoms with E-state index in [1.54, 1.807) is 12.1 Å². The van der Waals surface area contributed by atoms with Gasteiger partial charge in [0, 0.05) is 17.9 Å². The minimum Gasteiger partial charge on any atom is -0.451 e. The largest absolute Gasteiger partial charge is 0.451 e. The van der Waals surface area contributed by atoms with E-state index >= 15 is 0 Å². The molecule has 1 fully saturated rings. The maximum Gasteiger partial charge on any atom is 0.203 e. The minimum atomic E-state index is -0.0851. The molecule has 4 heteroatoms. The van der Waals surface area contributed by atoms with Gasteiger partial charge in [0.15, 0.2) is 11.3 Å². The van der Waals surface area contributed by atoms with E-state index in [4.69, 9.17) is 20.8 Å². The predicted molar refractivity (Wildman–Crippen MR) is 69.1 cm³/mol. The summed E-state index contributed by atoms with van der Waals surface area (Å²) in [5, 5.41) is 1.40. The van der Waals surface area contributed by atoms with Gasteiger partial charge in [0.05, 0.1) is 11.6 Å². The van der Waals surface area contributed by atoms with Crippen molar-refractivity contribution in [3.63, 3.8) is 0 Å². The second kappa shape index (κ2) is 4.75. The van der Waals surface area contributed by atoms with Crippen LogP contribution >= 0.6 is 11.6 Å². The van der Waals surface area contributed by atoms with Gasteiger partial charge in [0.25, 0.3) is 0 Å². The summed E-state index contributed by atoms with van der Waals surface area (Å²) >= 11 is 6.03. The molecule has 1 atom stereocenters. The average molecular weight is 265 g/mol. The Balaban J connectivity index is 1.94. The van der Waals surface area contributed by atoms with Crippen molar-refractivity contribution in [1.29, 1.82) is 0 Å². The third-order valence-corrected chi connectivity index (χ3v) is 3.57. The Morgan fingerprint density at radius 2 is 2.28 bits per heavy atom. The number of hydrogen-bond acceptors (Lipinski definition) is 3. The van der Waals surface area contributed by atoms with Crippen LogP contribution in [0.1, 0.15) is 23.4 Å². The van der Waals surface area contributed by atoms with Crippen molar-refractivity contribution in [3.8, 4) is 0 Å². The van der Waals surface area contributed by atoms with E-state index in [1.165, 1.54) is 0 Å². The van der Waals surface area contributed by atoms with Crippen LogP contribution < -0.4 is 0 Å². The molecule has 0 N–H and O–H groups in total. The molecule has 1 aliphatic heterocycles. The van der Waals surface area contributed by atoms with Gasteiger partial charge < -0.3 is 9.15 Å². The molecule has 94 valence electrons. The van der Waals surface area contributed by atoms with Crippen LogP contribution in [0.2, 0.25) is 5.02 Å². The summed E-state index contributed by atoms with van der Waals surface area (Å²) in [5.74, 6) is 0.314. The van der Waals surface area contributed by atoms with E-state index in [1.807, 2.05) is 12.1 Å². The lowest BCUT2D eigenvalue weighted by Crippen LogP contribution is -2.24. The first kappa shape index (κ1) is 11.8. The van der Waals surface area contributed by atoms with E-state index in [0.29, 0.717) is 23.0 Å². The molecule has 1 aromatic heterocycles. The number of para-hydroxylation sites is 1. The van der Waals surface area contributed by atoms with E-state index in [9.17, 15) is 4.79 Å².